The summed E-state index contributed by atoms with van der Waals surface area (Å²) < 4.78 is 5.82. The molecule has 9 heteroatoms. The Balaban J connectivity index is 2.07. The maximum atomic E-state index is 12.5. The molecule has 1 aliphatic carbocycles. The number of halogens is 1. The van der Waals surface area contributed by atoms with E-state index in [1.807, 2.05) is 0 Å². The predicted molar refractivity (Wildman–Crippen MR) is 89.5 cm³/mol. The van der Waals surface area contributed by atoms with Gasteiger partial charge in [-0.15, -0.1) is 0 Å². The number of fused-ring (bicyclic) bond motifs is 1. The number of aromatic nitrogens is 4. The quantitative estimate of drug-likeness (QED) is 0.719. The summed E-state index contributed by atoms with van der Waals surface area (Å²) in [5.74, 6) is -0.174. The van der Waals surface area contributed by atoms with Crippen molar-refractivity contribution in [2.75, 3.05) is 0 Å². The summed E-state index contributed by atoms with van der Waals surface area (Å²) in [5.41, 5.74) is -0.0625. The van der Waals surface area contributed by atoms with Crippen LogP contribution in [0, 0.1) is 6.92 Å². The molecule has 0 bridgehead atoms. The first-order valence-electron chi connectivity index (χ1n) is 7.25. The molecule has 0 radical (unpaired) electrons. The Labute approximate surface area is 144 Å². The van der Waals surface area contributed by atoms with Crippen LogP contribution in [-0.2, 0) is 0 Å². The van der Waals surface area contributed by atoms with Gasteiger partial charge < -0.3 is 5.11 Å². The van der Waals surface area contributed by atoms with E-state index in [4.69, 9.17) is 11.6 Å². The summed E-state index contributed by atoms with van der Waals surface area (Å²) in [6.45, 7) is 1.70. The smallest absolute Gasteiger partial charge is 0.341 e. The molecule has 0 spiro atoms. The molecule has 122 valence electrons. The van der Waals surface area contributed by atoms with Crippen LogP contribution in [0.1, 0.15) is 40.5 Å². The maximum absolute atomic E-state index is 12.5. The largest absolute Gasteiger partial charge is 0.477 e. The third-order valence-corrected chi connectivity index (χ3v) is 4.86. The van der Waals surface area contributed by atoms with Gasteiger partial charge in [-0.1, -0.05) is 11.6 Å². The van der Waals surface area contributed by atoms with E-state index in [9.17, 15) is 14.7 Å². The summed E-state index contributed by atoms with van der Waals surface area (Å²) in [5, 5.41) is 10.3. The number of aryl methyl sites for hydroxylation is 1. The van der Waals surface area contributed by atoms with Gasteiger partial charge >= 0.3 is 5.97 Å². The molecule has 4 rings (SSSR count). The SMILES string of the molecule is Cc1cc(Cl)nc2c1c(=O)c(C(=O)O)cn2-c1nc(C2CC2)ns1. The zero-order chi connectivity index (χ0) is 17.0. The molecule has 1 saturated carbocycles. The molecule has 1 aliphatic rings. The van der Waals surface area contributed by atoms with E-state index >= 15 is 0 Å². The lowest BCUT2D eigenvalue weighted by molar-refractivity contribution is 0.0695. The second-order valence-electron chi connectivity index (χ2n) is 5.72. The summed E-state index contributed by atoms with van der Waals surface area (Å²) in [6.07, 6.45) is 3.36. The number of aromatic carboxylic acids is 1. The van der Waals surface area contributed by atoms with Gasteiger partial charge in [0.25, 0.3) is 0 Å². The predicted octanol–water partition coefficient (Wildman–Crippen LogP) is 2.77. The van der Waals surface area contributed by atoms with Crippen molar-refractivity contribution < 1.29 is 9.90 Å². The first-order chi connectivity index (χ1) is 11.5. The minimum Gasteiger partial charge on any atom is -0.477 e. The summed E-state index contributed by atoms with van der Waals surface area (Å²) in [7, 11) is 0. The Morgan fingerprint density at radius 3 is 2.83 bits per heavy atom. The molecule has 3 heterocycles. The molecule has 24 heavy (non-hydrogen) atoms. The van der Waals surface area contributed by atoms with Gasteiger partial charge in [0, 0.05) is 23.6 Å². The van der Waals surface area contributed by atoms with Crippen LogP contribution in [0.3, 0.4) is 0 Å². The van der Waals surface area contributed by atoms with Gasteiger partial charge in [0.2, 0.25) is 10.6 Å². The number of hydrogen-bond acceptors (Lipinski definition) is 6. The van der Waals surface area contributed by atoms with Crippen LogP contribution in [0.25, 0.3) is 16.2 Å². The number of hydrogen-bond donors (Lipinski definition) is 1. The second-order valence-corrected chi connectivity index (χ2v) is 6.83. The number of pyridine rings is 2. The number of nitrogens with zero attached hydrogens (tertiary/aromatic N) is 4. The Morgan fingerprint density at radius 1 is 1.42 bits per heavy atom. The minimum atomic E-state index is -1.29. The minimum absolute atomic E-state index is 0.225. The van der Waals surface area contributed by atoms with E-state index < -0.39 is 11.4 Å². The van der Waals surface area contributed by atoms with Gasteiger partial charge in [-0.05, 0) is 31.4 Å². The number of carbonyl (C=O) groups is 1. The van der Waals surface area contributed by atoms with Crippen molar-refractivity contribution in [1.82, 2.24) is 18.9 Å². The lowest BCUT2D eigenvalue weighted by Gasteiger charge is -2.10. The van der Waals surface area contributed by atoms with Crippen LogP contribution in [0.15, 0.2) is 17.1 Å². The lowest BCUT2D eigenvalue weighted by atomic mass is 10.1. The highest BCUT2D eigenvalue weighted by Crippen LogP contribution is 2.39. The van der Waals surface area contributed by atoms with Gasteiger partial charge in [0.1, 0.15) is 16.5 Å². The molecule has 0 amide bonds. The van der Waals surface area contributed by atoms with Gasteiger partial charge in [-0.2, -0.15) is 4.37 Å². The highest BCUT2D eigenvalue weighted by molar-refractivity contribution is 7.08. The van der Waals surface area contributed by atoms with Crippen LogP contribution < -0.4 is 5.43 Å². The van der Waals surface area contributed by atoms with Crippen LogP contribution >= 0.6 is 23.1 Å². The summed E-state index contributed by atoms with van der Waals surface area (Å²) >= 11 is 7.18. The van der Waals surface area contributed by atoms with Gasteiger partial charge in [0.15, 0.2) is 5.65 Å². The van der Waals surface area contributed by atoms with E-state index in [0.29, 0.717) is 16.6 Å². The molecule has 0 aliphatic heterocycles. The molecule has 1 fully saturated rings. The van der Waals surface area contributed by atoms with Crippen LogP contribution in [0.2, 0.25) is 5.15 Å². The van der Waals surface area contributed by atoms with Crippen molar-refractivity contribution in [2.45, 2.75) is 25.7 Å². The standard InChI is InChI=1S/C15H11ClN4O3S/c1-6-4-9(16)17-13-10(6)11(21)8(14(22)23)5-20(13)15-18-12(19-24-15)7-2-3-7/h4-5,7H,2-3H2,1H3,(H,22,23). The highest BCUT2D eigenvalue weighted by atomic mass is 35.5. The Bertz CT molecular complexity index is 1050. The molecule has 0 aromatic carbocycles. The van der Waals surface area contributed by atoms with E-state index in [1.165, 1.54) is 16.8 Å². The molecule has 7 nitrogen and oxygen atoms in total. The monoisotopic (exact) mass is 362 g/mol. The van der Waals surface area contributed by atoms with Gasteiger partial charge in [-0.25, -0.2) is 14.8 Å². The van der Waals surface area contributed by atoms with E-state index in [1.54, 1.807) is 6.92 Å². The van der Waals surface area contributed by atoms with Crippen molar-refractivity contribution in [3.8, 4) is 5.13 Å². The Kier molecular flexibility index (Phi) is 3.40. The van der Waals surface area contributed by atoms with Gasteiger partial charge in [0.05, 0.1) is 5.39 Å². The lowest BCUT2D eigenvalue weighted by Crippen LogP contribution is -2.20. The highest BCUT2D eigenvalue weighted by Gasteiger charge is 2.28. The molecule has 0 unspecified atom stereocenters. The summed E-state index contributed by atoms with van der Waals surface area (Å²) in [6, 6.07) is 1.54. The fourth-order valence-electron chi connectivity index (χ4n) is 2.58. The van der Waals surface area contributed by atoms with E-state index in [2.05, 4.69) is 14.3 Å². The molecule has 0 atom stereocenters. The third kappa shape index (κ3) is 2.38. The zero-order valence-electron chi connectivity index (χ0n) is 12.5. The summed E-state index contributed by atoms with van der Waals surface area (Å²) in [4.78, 5) is 32.6. The molecule has 1 N–H and O–H groups in total. The number of carboxylic acid groups (broad SMARTS) is 1. The topological polar surface area (TPSA) is 98.0 Å². The first-order valence-corrected chi connectivity index (χ1v) is 8.40. The average Bonchev–Trinajstić information content (AvgIpc) is 3.25. The number of rotatable bonds is 3. The molecule has 3 aromatic heterocycles. The van der Waals surface area contributed by atoms with Crippen molar-refractivity contribution in [1.29, 1.82) is 0 Å². The van der Waals surface area contributed by atoms with Crippen molar-refractivity contribution in [3.63, 3.8) is 0 Å². The molecular formula is C15H11ClN4O3S. The molecule has 0 saturated heterocycles. The average molecular weight is 363 g/mol. The molecule has 3 aromatic rings. The van der Waals surface area contributed by atoms with Crippen molar-refractivity contribution >= 4 is 40.1 Å². The van der Waals surface area contributed by atoms with Crippen LogP contribution in [0.5, 0.6) is 0 Å². The Hall–Kier alpha value is -2.32. The van der Waals surface area contributed by atoms with Crippen molar-refractivity contribution in [3.05, 3.63) is 44.6 Å². The second kappa shape index (κ2) is 5.35. The number of carboxylic acids is 1. The zero-order valence-corrected chi connectivity index (χ0v) is 14.1. The first kappa shape index (κ1) is 15.2. The van der Waals surface area contributed by atoms with Crippen LogP contribution in [0.4, 0.5) is 0 Å². The molecular weight excluding hydrogens is 352 g/mol. The Morgan fingerprint density at radius 2 is 2.17 bits per heavy atom. The normalized spacial score (nSPS) is 14.2. The van der Waals surface area contributed by atoms with E-state index in [0.717, 1.165) is 30.2 Å². The fourth-order valence-corrected chi connectivity index (χ4v) is 3.56. The van der Waals surface area contributed by atoms with Gasteiger partial charge in [-0.3, -0.25) is 9.36 Å². The fraction of sp³-hybridized carbons (Fsp3) is 0.267. The van der Waals surface area contributed by atoms with Crippen molar-refractivity contribution in [2.24, 2.45) is 0 Å². The van der Waals surface area contributed by atoms with Crippen LogP contribution in [-0.4, -0.2) is 30.0 Å². The van der Waals surface area contributed by atoms with E-state index in [-0.39, 0.29) is 21.7 Å². The third-order valence-electron chi connectivity index (χ3n) is 3.93. The maximum Gasteiger partial charge on any atom is 0.341 e.